The Kier molecular flexibility index (Phi) is 8.36. The van der Waals surface area contributed by atoms with Crippen molar-refractivity contribution in [1.82, 2.24) is 9.88 Å². The average molecular weight is 345 g/mol. The summed E-state index contributed by atoms with van der Waals surface area (Å²) in [5.41, 5.74) is 6.73. The maximum absolute atomic E-state index is 10.8. The summed E-state index contributed by atoms with van der Waals surface area (Å²) in [7, 11) is 4.04. The van der Waals surface area contributed by atoms with E-state index in [1.54, 1.807) is 30.0 Å². The van der Waals surface area contributed by atoms with Crippen LogP contribution in [0.15, 0.2) is 10.4 Å². The van der Waals surface area contributed by atoms with E-state index in [0.717, 1.165) is 28.8 Å². The van der Waals surface area contributed by atoms with Gasteiger partial charge in [-0.05, 0) is 14.1 Å². The molecule has 0 spiro atoms. The highest BCUT2D eigenvalue weighted by Crippen LogP contribution is 2.16. The van der Waals surface area contributed by atoms with Crippen LogP contribution in [0, 0.1) is 10.1 Å². The van der Waals surface area contributed by atoms with Crippen LogP contribution < -0.4 is 5.73 Å². The highest BCUT2D eigenvalue weighted by atomic mass is 32.2. The summed E-state index contributed by atoms with van der Waals surface area (Å²) in [4.78, 5) is 21.1. The Morgan fingerprint density at radius 1 is 1.64 bits per heavy atom. The van der Waals surface area contributed by atoms with Crippen molar-refractivity contribution < 1.29 is 4.92 Å². The summed E-state index contributed by atoms with van der Waals surface area (Å²) in [5, 5.41) is 13.9. The van der Waals surface area contributed by atoms with E-state index in [4.69, 9.17) is 5.73 Å². The molecule has 0 aliphatic rings. The van der Waals surface area contributed by atoms with Crippen LogP contribution >= 0.6 is 23.1 Å². The van der Waals surface area contributed by atoms with E-state index in [1.165, 1.54) is 0 Å². The molecule has 1 aromatic rings. The van der Waals surface area contributed by atoms with Gasteiger partial charge in [0.05, 0.1) is 12.2 Å². The monoisotopic (exact) mass is 345 g/mol. The molecule has 0 aliphatic heterocycles. The second-order valence-electron chi connectivity index (χ2n) is 5.04. The topological polar surface area (TPSA) is 97.7 Å². The average Bonchev–Trinajstić information content (AvgIpc) is 2.85. The van der Waals surface area contributed by atoms with Gasteiger partial charge < -0.3 is 10.6 Å². The van der Waals surface area contributed by atoms with Crippen LogP contribution in [0.25, 0.3) is 0 Å². The molecule has 0 aromatic carbocycles. The van der Waals surface area contributed by atoms with E-state index in [-0.39, 0.29) is 10.8 Å². The first-order valence-corrected chi connectivity index (χ1v) is 9.06. The Bertz CT molecular complexity index is 504. The standard InChI is InChI=1S/C13H23N5O2S2/c1-4-11(18(19)20)13(14)15-5-6-21-8-10-9-22-12(16-10)7-17(2)3/h9,11H,4-8H2,1-3H3,(H2,14,15). The quantitative estimate of drug-likeness (QED) is 0.228. The van der Waals surface area contributed by atoms with Gasteiger partial charge in [-0.25, -0.2) is 4.98 Å². The van der Waals surface area contributed by atoms with Crippen molar-refractivity contribution in [2.45, 2.75) is 31.7 Å². The fraction of sp³-hybridized carbons (Fsp3) is 0.692. The first-order chi connectivity index (χ1) is 10.4. The summed E-state index contributed by atoms with van der Waals surface area (Å²) in [5.74, 6) is 1.72. The molecule has 1 unspecified atom stereocenters. The van der Waals surface area contributed by atoms with Gasteiger partial charge in [0.2, 0.25) is 0 Å². The predicted molar refractivity (Wildman–Crippen MR) is 93.2 cm³/mol. The van der Waals surface area contributed by atoms with E-state index in [2.05, 4.69) is 20.3 Å². The van der Waals surface area contributed by atoms with Crippen LogP contribution in [-0.4, -0.2) is 53.1 Å². The van der Waals surface area contributed by atoms with Gasteiger partial charge >= 0.3 is 0 Å². The van der Waals surface area contributed by atoms with E-state index in [1.807, 2.05) is 14.1 Å². The molecule has 22 heavy (non-hydrogen) atoms. The van der Waals surface area contributed by atoms with Gasteiger partial charge in [-0.3, -0.25) is 15.1 Å². The first kappa shape index (κ1) is 18.9. The zero-order valence-corrected chi connectivity index (χ0v) is 14.8. The number of aromatic nitrogens is 1. The predicted octanol–water partition coefficient (Wildman–Crippen LogP) is 1.85. The van der Waals surface area contributed by atoms with Gasteiger partial charge in [-0.2, -0.15) is 11.8 Å². The summed E-state index contributed by atoms with van der Waals surface area (Å²) in [6, 6.07) is -0.864. The number of hydrogen-bond acceptors (Lipinski definition) is 7. The van der Waals surface area contributed by atoms with Gasteiger partial charge in [0, 0.05) is 34.8 Å². The Morgan fingerprint density at radius 3 is 2.95 bits per heavy atom. The Balaban J connectivity index is 2.30. The lowest BCUT2D eigenvalue weighted by atomic mass is 10.2. The molecule has 1 aromatic heterocycles. The number of nitrogens with zero attached hydrogens (tertiary/aromatic N) is 4. The van der Waals surface area contributed by atoms with Gasteiger partial charge in [0.25, 0.3) is 6.04 Å². The van der Waals surface area contributed by atoms with Gasteiger partial charge in [0.15, 0.2) is 5.84 Å². The molecule has 1 rings (SSSR count). The van der Waals surface area contributed by atoms with Crippen LogP contribution in [0.3, 0.4) is 0 Å². The minimum absolute atomic E-state index is 0.120. The van der Waals surface area contributed by atoms with Crippen LogP contribution in [0.2, 0.25) is 0 Å². The third kappa shape index (κ3) is 6.71. The fourth-order valence-corrected chi connectivity index (χ4v) is 3.48. The van der Waals surface area contributed by atoms with Gasteiger partial charge in [-0.15, -0.1) is 11.3 Å². The third-order valence-electron chi connectivity index (χ3n) is 2.81. The van der Waals surface area contributed by atoms with Gasteiger partial charge in [-0.1, -0.05) is 6.92 Å². The molecule has 7 nitrogen and oxygen atoms in total. The molecule has 1 heterocycles. The van der Waals surface area contributed by atoms with Crippen molar-refractivity contribution >= 4 is 28.9 Å². The Labute approximate surface area is 139 Å². The number of hydrogen-bond donors (Lipinski definition) is 1. The minimum Gasteiger partial charge on any atom is -0.382 e. The molecule has 1 atom stereocenters. The fourth-order valence-electron chi connectivity index (χ4n) is 1.75. The highest BCUT2D eigenvalue weighted by molar-refractivity contribution is 7.98. The third-order valence-corrected chi connectivity index (χ3v) is 4.67. The highest BCUT2D eigenvalue weighted by Gasteiger charge is 2.21. The number of thiazole rings is 1. The lowest BCUT2D eigenvalue weighted by Gasteiger charge is -2.06. The number of amidine groups is 1. The molecule has 0 aliphatic carbocycles. The molecule has 124 valence electrons. The minimum atomic E-state index is -0.864. The van der Waals surface area contributed by atoms with Crippen LogP contribution in [0.5, 0.6) is 0 Å². The number of nitro groups is 1. The zero-order valence-electron chi connectivity index (χ0n) is 13.2. The molecule has 0 amide bonds. The Hall–Kier alpha value is -1.19. The van der Waals surface area contributed by atoms with Crippen molar-refractivity contribution in [2.24, 2.45) is 10.7 Å². The summed E-state index contributed by atoms with van der Waals surface area (Å²) in [6.07, 6.45) is 0.364. The molecular formula is C13H23N5O2S2. The maximum Gasteiger partial charge on any atom is 0.268 e. The molecule has 9 heteroatoms. The van der Waals surface area contributed by atoms with Crippen molar-refractivity contribution in [3.05, 3.63) is 26.2 Å². The second kappa shape index (κ2) is 9.75. The molecule has 0 radical (unpaired) electrons. The molecule has 2 N–H and O–H groups in total. The van der Waals surface area contributed by atoms with Crippen LogP contribution in [0.1, 0.15) is 24.0 Å². The molecule has 0 bridgehead atoms. The second-order valence-corrected chi connectivity index (χ2v) is 7.09. The number of nitrogens with two attached hydrogens (primary N) is 1. The van der Waals surface area contributed by atoms with E-state index < -0.39 is 6.04 Å². The smallest absolute Gasteiger partial charge is 0.268 e. The number of aliphatic imine (C=N–C) groups is 1. The van der Waals surface area contributed by atoms with E-state index >= 15 is 0 Å². The largest absolute Gasteiger partial charge is 0.382 e. The molecular weight excluding hydrogens is 322 g/mol. The van der Waals surface area contributed by atoms with Crippen molar-refractivity contribution in [3.8, 4) is 0 Å². The number of thioether (sulfide) groups is 1. The van der Waals surface area contributed by atoms with Crippen LogP contribution in [-0.2, 0) is 12.3 Å². The van der Waals surface area contributed by atoms with Crippen molar-refractivity contribution in [2.75, 3.05) is 26.4 Å². The van der Waals surface area contributed by atoms with Gasteiger partial charge in [0.1, 0.15) is 5.01 Å². The number of rotatable bonds is 10. The van der Waals surface area contributed by atoms with E-state index in [0.29, 0.717) is 13.0 Å². The lowest BCUT2D eigenvalue weighted by Crippen LogP contribution is -2.35. The normalized spacial score (nSPS) is 13.5. The van der Waals surface area contributed by atoms with Crippen molar-refractivity contribution in [3.63, 3.8) is 0 Å². The van der Waals surface area contributed by atoms with E-state index in [9.17, 15) is 10.1 Å². The van der Waals surface area contributed by atoms with Crippen LogP contribution in [0.4, 0.5) is 0 Å². The first-order valence-electron chi connectivity index (χ1n) is 7.03. The molecule has 0 saturated heterocycles. The summed E-state index contributed by atoms with van der Waals surface area (Å²) < 4.78 is 0. The molecule has 0 fully saturated rings. The summed E-state index contributed by atoms with van der Waals surface area (Å²) >= 11 is 3.37. The molecule has 0 saturated carbocycles. The van der Waals surface area contributed by atoms with Crippen molar-refractivity contribution in [1.29, 1.82) is 0 Å². The Morgan fingerprint density at radius 2 is 2.36 bits per heavy atom. The zero-order chi connectivity index (χ0) is 16.5. The summed E-state index contributed by atoms with van der Waals surface area (Å²) in [6.45, 7) is 3.09. The maximum atomic E-state index is 10.8. The SMILES string of the molecule is CCC(C(N)=NCCSCc1csc(CN(C)C)n1)[N+](=O)[O-]. The lowest BCUT2D eigenvalue weighted by molar-refractivity contribution is -0.503.